The number of aromatic nitrogens is 6. The Labute approximate surface area is 516 Å². The third-order valence-electron chi connectivity index (χ3n) is 19.2. The fraction of sp³-hybridized carbons (Fsp3) is 0.0361. The van der Waals surface area contributed by atoms with Crippen LogP contribution in [-0.4, -0.2) is 29.1 Å². The number of nitrogens with zero attached hydrogens (tertiary/aromatic N) is 6. The van der Waals surface area contributed by atoms with Crippen molar-refractivity contribution in [3.8, 4) is 45.5 Å². The van der Waals surface area contributed by atoms with Gasteiger partial charge < -0.3 is 4.42 Å². The SMILES string of the molecule is CC1(C)c2ccccc2-c2cc3ccc4c(ccc5c6ccccc6n(-c6nc(-c7ccccc7)c7ccccc7n6)c45)c3cc21.c1ccc(-c2nc(-n3c4ccccc4c4ccc5c6cc7oc8ccccc8c7cc6ccc5c43)nc3ccccc23)cc1. The summed E-state index contributed by atoms with van der Waals surface area (Å²) in [5.74, 6) is 1.34. The fourth-order valence-corrected chi connectivity index (χ4v) is 15.0. The zero-order valence-electron chi connectivity index (χ0n) is 49.1. The first-order chi connectivity index (χ1) is 44.4. The second kappa shape index (κ2) is 19.1. The molecule has 0 unspecified atom stereocenters. The summed E-state index contributed by atoms with van der Waals surface area (Å²) in [4.78, 5) is 21.0. The van der Waals surface area contributed by atoms with E-state index in [-0.39, 0.29) is 5.41 Å². The molecule has 0 aliphatic heterocycles. The van der Waals surface area contributed by atoms with Crippen LogP contribution < -0.4 is 0 Å². The lowest BCUT2D eigenvalue weighted by Gasteiger charge is -2.22. The minimum atomic E-state index is -0.0615. The number of hydrogen-bond acceptors (Lipinski definition) is 5. The predicted molar refractivity (Wildman–Crippen MR) is 373 cm³/mol. The number of fused-ring (bicyclic) bond motifs is 22. The first-order valence-corrected chi connectivity index (χ1v) is 30.8. The molecule has 0 atom stereocenters. The van der Waals surface area contributed by atoms with Gasteiger partial charge in [-0.25, -0.2) is 19.9 Å². The van der Waals surface area contributed by atoms with E-state index in [1.807, 2.05) is 30.3 Å². The van der Waals surface area contributed by atoms with Crippen molar-refractivity contribution in [1.29, 1.82) is 0 Å². The summed E-state index contributed by atoms with van der Waals surface area (Å²) in [6.45, 7) is 4.71. The normalized spacial score (nSPS) is 12.9. The van der Waals surface area contributed by atoms with E-state index >= 15 is 0 Å². The Morgan fingerprint density at radius 3 is 1.32 bits per heavy atom. The molecule has 20 rings (SSSR count). The largest absolute Gasteiger partial charge is 0.456 e. The van der Waals surface area contributed by atoms with Gasteiger partial charge in [-0.2, -0.15) is 0 Å². The van der Waals surface area contributed by atoms with Crippen LogP contribution in [0.5, 0.6) is 0 Å². The molecule has 90 heavy (non-hydrogen) atoms. The van der Waals surface area contributed by atoms with Gasteiger partial charge in [-0.15, -0.1) is 0 Å². The lowest BCUT2D eigenvalue weighted by Crippen LogP contribution is -2.14. The van der Waals surface area contributed by atoms with Crippen molar-refractivity contribution < 1.29 is 4.42 Å². The van der Waals surface area contributed by atoms with Crippen molar-refractivity contribution in [3.63, 3.8) is 0 Å². The summed E-state index contributed by atoms with van der Waals surface area (Å²) in [5.41, 5.74) is 17.5. The second-order valence-corrected chi connectivity index (χ2v) is 24.4. The van der Waals surface area contributed by atoms with Crippen molar-refractivity contribution in [3.05, 3.63) is 290 Å². The van der Waals surface area contributed by atoms with Gasteiger partial charge in [0.25, 0.3) is 0 Å². The molecule has 0 N–H and O–H groups in total. The molecule has 5 aromatic heterocycles. The summed E-state index contributed by atoms with van der Waals surface area (Å²) in [6.07, 6.45) is 0. The van der Waals surface area contributed by atoms with E-state index in [1.165, 1.54) is 76.1 Å². The molecule has 420 valence electrons. The standard InChI is InChI=1S/C43H29N3.C40H23N3O/c1-43(2)36-17-9-6-14-29(36)35-24-27-20-21-31-28(34(27)25-37(35)43)22-23-32-30-15-8-11-19-39(30)46(41(31)32)42-44-38-18-10-7-16-33(38)40(45-42)26-12-4-3-5-13-26;1-2-10-24(11-3-1)38-31-14-4-7-15-34(31)41-40(42-38)43-35-16-8-5-12-27(35)30-21-20-26-29(39(30)43)19-18-25-22-33-28-13-6-9-17-36(28)44-37(33)23-32(25)26/h3-25H,1-2H3;1-23H. The van der Waals surface area contributed by atoms with Crippen LogP contribution >= 0.6 is 0 Å². The number of para-hydroxylation sites is 5. The van der Waals surface area contributed by atoms with Gasteiger partial charge in [0.15, 0.2) is 0 Å². The topological polar surface area (TPSA) is 74.6 Å². The molecule has 0 radical (unpaired) electrons. The summed E-state index contributed by atoms with van der Waals surface area (Å²) in [7, 11) is 0. The minimum Gasteiger partial charge on any atom is -0.456 e. The Morgan fingerprint density at radius 2 is 0.733 bits per heavy atom. The highest BCUT2D eigenvalue weighted by Gasteiger charge is 2.36. The summed E-state index contributed by atoms with van der Waals surface area (Å²) >= 11 is 0. The lowest BCUT2D eigenvalue weighted by molar-refractivity contribution is 0.661. The quantitative estimate of drug-likeness (QED) is 0.164. The van der Waals surface area contributed by atoms with Crippen LogP contribution in [0.15, 0.2) is 283 Å². The Kier molecular flexibility index (Phi) is 10.7. The van der Waals surface area contributed by atoms with E-state index in [1.54, 1.807) is 0 Å². The van der Waals surface area contributed by atoms with Crippen LogP contribution in [0.25, 0.3) is 176 Å². The number of hydrogen-bond donors (Lipinski definition) is 0. The van der Waals surface area contributed by atoms with Crippen molar-refractivity contribution in [2.24, 2.45) is 0 Å². The Hall–Kier alpha value is -11.8. The molecule has 7 heteroatoms. The first kappa shape index (κ1) is 50.4. The zero-order valence-corrected chi connectivity index (χ0v) is 49.1. The predicted octanol–water partition coefficient (Wildman–Crippen LogP) is 21.6. The first-order valence-electron chi connectivity index (χ1n) is 30.8. The van der Waals surface area contributed by atoms with Gasteiger partial charge in [-0.3, -0.25) is 9.13 Å². The summed E-state index contributed by atoms with van der Waals surface area (Å²) in [5, 5.41) is 18.8. The van der Waals surface area contributed by atoms with Crippen LogP contribution in [0.2, 0.25) is 0 Å². The second-order valence-electron chi connectivity index (χ2n) is 24.4. The highest BCUT2D eigenvalue weighted by atomic mass is 16.3. The molecule has 19 aromatic rings. The van der Waals surface area contributed by atoms with Gasteiger partial charge in [0.1, 0.15) is 11.2 Å². The summed E-state index contributed by atoms with van der Waals surface area (Å²) in [6, 6.07) is 99.2. The highest BCUT2D eigenvalue weighted by Crippen LogP contribution is 2.51. The number of furan rings is 1. The zero-order chi connectivity index (χ0) is 59.3. The maximum atomic E-state index is 6.31. The summed E-state index contributed by atoms with van der Waals surface area (Å²) < 4.78 is 10.8. The van der Waals surface area contributed by atoms with Gasteiger partial charge in [0.2, 0.25) is 11.9 Å². The van der Waals surface area contributed by atoms with Crippen LogP contribution in [-0.2, 0) is 5.41 Å². The Morgan fingerprint density at radius 1 is 0.289 bits per heavy atom. The molecular formula is C83H52N6O. The third-order valence-corrected chi connectivity index (χ3v) is 19.2. The molecular weight excluding hydrogens is 1100 g/mol. The average Bonchev–Trinajstić information content (AvgIpc) is 2.04. The fourth-order valence-electron chi connectivity index (χ4n) is 15.0. The smallest absolute Gasteiger partial charge is 0.235 e. The van der Waals surface area contributed by atoms with Gasteiger partial charge in [-0.05, 0) is 109 Å². The molecule has 0 saturated carbocycles. The van der Waals surface area contributed by atoms with Crippen LogP contribution in [0.1, 0.15) is 25.0 Å². The molecule has 0 spiro atoms. The molecule has 0 fully saturated rings. The van der Waals surface area contributed by atoms with Crippen molar-refractivity contribution in [2.75, 3.05) is 0 Å². The molecule has 0 bridgehead atoms. The van der Waals surface area contributed by atoms with Crippen molar-refractivity contribution >= 4 is 130 Å². The van der Waals surface area contributed by atoms with E-state index in [4.69, 9.17) is 24.4 Å². The van der Waals surface area contributed by atoms with Gasteiger partial charge >= 0.3 is 0 Å². The van der Waals surface area contributed by atoms with Crippen LogP contribution in [0.4, 0.5) is 0 Å². The van der Waals surface area contributed by atoms with Crippen LogP contribution in [0.3, 0.4) is 0 Å². The highest BCUT2D eigenvalue weighted by molar-refractivity contribution is 6.26. The molecule has 0 saturated heterocycles. The average molecular weight is 1150 g/mol. The molecule has 14 aromatic carbocycles. The molecule has 0 amide bonds. The van der Waals surface area contributed by atoms with E-state index in [0.29, 0.717) is 11.9 Å². The van der Waals surface area contributed by atoms with E-state index in [0.717, 1.165) is 99.1 Å². The van der Waals surface area contributed by atoms with E-state index in [2.05, 4.69) is 272 Å². The van der Waals surface area contributed by atoms with Crippen molar-refractivity contribution in [1.82, 2.24) is 29.1 Å². The van der Waals surface area contributed by atoms with E-state index < -0.39 is 0 Å². The van der Waals surface area contributed by atoms with Gasteiger partial charge in [0, 0.05) is 70.4 Å². The maximum Gasteiger partial charge on any atom is 0.235 e. The number of benzene rings is 14. The maximum absolute atomic E-state index is 6.31. The van der Waals surface area contributed by atoms with Gasteiger partial charge in [0.05, 0.1) is 44.5 Å². The van der Waals surface area contributed by atoms with E-state index in [9.17, 15) is 0 Å². The molecule has 1 aliphatic rings. The monoisotopic (exact) mass is 1150 g/mol. The van der Waals surface area contributed by atoms with Crippen LogP contribution in [0, 0.1) is 0 Å². The van der Waals surface area contributed by atoms with Gasteiger partial charge in [-0.1, -0.05) is 238 Å². The third kappa shape index (κ3) is 7.35. The van der Waals surface area contributed by atoms with Crippen molar-refractivity contribution in [2.45, 2.75) is 19.3 Å². The Balaban J connectivity index is 0.000000130. The number of rotatable bonds is 4. The minimum absolute atomic E-state index is 0.0615. The Bertz CT molecular complexity index is 6250. The molecule has 1 aliphatic carbocycles. The molecule has 7 nitrogen and oxygen atoms in total. The lowest BCUT2D eigenvalue weighted by atomic mass is 9.81. The molecule has 5 heterocycles.